The van der Waals surface area contributed by atoms with Gasteiger partial charge in [-0.05, 0) is 31.2 Å². The average Bonchev–Trinajstić information content (AvgIpc) is 3.03. The van der Waals surface area contributed by atoms with Crippen LogP contribution in [0.25, 0.3) is 16.6 Å². The second-order valence-electron chi connectivity index (χ2n) is 4.48. The first-order valence-electron chi connectivity index (χ1n) is 6.04. The number of benzene rings is 1. The highest BCUT2D eigenvalue weighted by Crippen LogP contribution is 2.27. The molecular weight excluding hydrogens is 240 g/mol. The van der Waals surface area contributed by atoms with E-state index in [2.05, 4.69) is 11.1 Å². The van der Waals surface area contributed by atoms with Gasteiger partial charge in [0, 0.05) is 23.3 Å². The maximum atomic E-state index is 11.9. The van der Waals surface area contributed by atoms with Crippen molar-refractivity contribution in [2.24, 2.45) is 0 Å². The number of hydrogen-bond acceptors (Lipinski definition) is 2. The molecule has 0 bridgehead atoms. The van der Waals surface area contributed by atoms with Crippen molar-refractivity contribution in [2.75, 3.05) is 7.11 Å². The molecule has 2 aromatic heterocycles. The molecule has 0 atom stereocenters. The van der Waals surface area contributed by atoms with Gasteiger partial charge in [-0.25, -0.2) is 4.79 Å². The van der Waals surface area contributed by atoms with Crippen LogP contribution in [0, 0.1) is 6.92 Å². The number of ether oxygens (including phenoxy) is 1. The molecule has 0 saturated heterocycles. The Labute approximate surface area is 110 Å². The monoisotopic (exact) mass is 254 g/mol. The van der Waals surface area contributed by atoms with Crippen LogP contribution in [-0.2, 0) is 4.74 Å². The van der Waals surface area contributed by atoms with Crippen LogP contribution in [0.2, 0.25) is 0 Å². The highest BCUT2D eigenvalue weighted by Gasteiger charge is 2.19. The van der Waals surface area contributed by atoms with Crippen LogP contribution in [0.3, 0.4) is 0 Å². The van der Waals surface area contributed by atoms with Gasteiger partial charge in [-0.2, -0.15) is 0 Å². The number of hydrogen-bond donors (Lipinski definition) is 1. The van der Waals surface area contributed by atoms with E-state index in [0.717, 1.165) is 22.2 Å². The fourth-order valence-corrected chi connectivity index (χ4v) is 2.29. The van der Waals surface area contributed by atoms with E-state index < -0.39 is 0 Å². The third-order valence-electron chi connectivity index (χ3n) is 3.18. The molecule has 4 nitrogen and oxygen atoms in total. The topological polar surface area (TPSA) is 47.0 Å². The summed E-state index contributed by atoms with van der Waals surface area (Å²) < 4.78 is 6.77. The molecule has 0 saturated carbocycles. The lowest BCUT2D eigenvalue weighted by atomic mass is 10.1. The Morgan fingerprint density at radius 2 is 2.00 bits per heavy atom. The van der Waals surface area contributed by atoms with Crippen LogP contribution < -0.4 is 0 Å². The molecule has 0 aliphatic carbocycles. The summed E-state index contributed by atoms with van der Waals surface area (Å²) in [6.07, 6.45) is 3.83. The molecular formula is C15H14N2O2. The van der Waals surface area contributed by atoms with Gasteiger partial charge in [-0.1, -0.05) is 11.6 Å². The molecule has 3 rings (SSSR count). The maximum Gasteiger partial charge on any atom is 0.356 e. The number of nitrogens with one attached hydrogen (secondary N) is 1. The number of rotatable bonds is 2. The summed E-state index contributed by atoms with van der Waals surface area (Å²) in [6, 6.07) is 9.91. The molecule has 0 amide bonds. The van der Waals surface area contributed by atoms with E-state index in [1.165, 1.54) is 7.11 Å². The van der Waals surface area contributed by atoms with Gasteiger partial charge < -0.3 is 14.3 Å². The molecule has 1 N–H and O–H groups in total. The molecule has 0 radical (unpaired) electrons. The fourth-order valence-electron chi connectivity index (χ4n) is 2.29. The average molecular weight is 254 g/mol. The van der Waals surface area contributed by atoms with Crippen molar-refractivity contribution >= 4 is 16.9 Å². The van der Waals surface area contributed by atoms with Gasteiger partial charge in [0.1, 0.15) is 5.69 Å². The largest absolute Gasteiger partial charge is 0.464 e. The van der Waals surface area contributed by atoms with Crippen molar-refractivity contribution in [1.29, 1.82) is 0 Å². The van der Waals surface area contributed by atoms with Crippen LogP contribution in [0.5, 0.6) is 0 Å². The van der Waals surface area contributed by atoms with E-state index in [9.17, 15) is 4.79 Å². The van der Waals surface area contributed by atoms with Crippen molar-refractivity contribution in [3.63, 3.8) is 0 Å². The number of aryl methyl sites for hydroxylation is 1. The Bertz CT molecular complexity index is 739. The van der Waals surface area contributed by atoms with E-state index in [1.54, 1.807) is 0 Å². The van der Waals surface area contributed by atoms with Crippen molar-refractivity contribution in [3.05, 3.63) is 54.0 Å². The molecule has 0 aliphatic heterocycles. The maximum absolute atomic E-state index is 11.9. The summed E-state index contributed by atoms with van der Waals surface area (Å²) in [5, 5.41) is 1.01. The lowest BCUT2D eigenvalue weighted by Gasteiger charge is -2.04. The number of esters is 1. The van der Waals surface area contributed by atoms with E-state index in [0.29, 0.717) is 5.69 Å². The number of methoxy groups -OCH3 is 1. The number of carbonyl (C=O) groups is 1. The Morgan fingerprint density at radius 3 is 2.68 bits per heavy atom. The zero-order chi connectivity index (χ0) is 13.4. The second kappa shape index (κ2) is 4.31. The molecule has 1 aromatic carbocycles. The van der Waals surface area contributed by atoms with Crippen LogP contribution in [0.15, 0.2) is 42.7 Å². The Balaban J connectivity index is 2.36. The Kier molecular flexibility index (Phi) is 2.63. The predicted octanol–water partition coefficient (Wildman–Crippen LogP) is 3.05. The molecule has 4 heteroatoms. The zero-order valence-corrected chi connectivity index (χ0v) is 10.8. The van der Waals surface area contributed by atoms with Gasteiger partial charge in [0.05, 0.1) is 12.8 Å². The molecule has 0 unspecified atom stereocenters. The van der Waals surface area contributed by atoms with E-state index in [1.807, 2.05) is 48.1 Å². The number of carbonyl (C=O) groups excluding carboxylic acids is 1. The van der Waals surface area contributed by atoms with Gasteiger partial charge in [0.15, 0.2) is 0 Å². The van der Waals surface area contributed by atoms with Gasteiger partial charge >= 0.3 is 5.97 Å². The SMILES string of the molecule is COC(=O)c1[nH]c2ccc(C)cc2c1-n1cccc1. The van der Waals surface area contributed by atoms with Gasteiger partial charge in [0.2, 0.25) is 0 Å². The number of H-pyrrole nitrogens is 1. The van der Waals surface area contributed by atoms with E-state index in [-0.39, 0.29) is 5.97 Å². The van der Waals surface area contributed by atoms with Crippen molar-refractivity contribution in [2.45, 2.75) is 6.92 Å². The van der Waals surface area contributed by atoms with Crippen LogP contribution in [0.1, 0.15) is 16.1 Å². The van der Waals surface area contributed by atoms with Crippen molar-refractivity contribution < 1.29 is 9.53 Å². The van der Waals surface area contributed by atoms with Crippen LogP contribution in [0.4, 0.5) is 0 Å². The van der Waals surface area contributed by atoms with E-state index in [4.69, 9.17) is 4.74 Å². The number of nitrogens with zero attached hydrogens (tertiary/aromatic N) is 1. The summed E-state index contributed by atoms with van der Waals surface area (Å²) in [4.78, 5) is 15.1. The van der Waals surface area contributed by atoms with Crippen LogP contribution in [-0.4, -0.2) is 22.6 Å². The van der Waals surface area contributed by atoms with Gasteiger partial charge in [-0.3, -0.25) is 0 Å². The van der Waals surface area contributed by atoms with E-state index >= 15 is 0 Å². The summed E-state index contributed by atoms with van der Waals surface area (Å²) in [5.74, 6) is -0.363. The Hall–Kier alpha value is -2.49. The molecule has 96 valence electrons. The second-order valence-corrected chi connectivity index (χ2v) is 4.48. The fraction of sp³-hybridized carbons (Fsp3) is 0.133. The normalized spacial score (nSPS) is 10.8. The lowest BCUT2D eigenvalue weighted by molar-refractivity contribution is 0.0595. The number of aromatic nitrogens is 2. The highest BCUT2D eigenvalue weighted by atomic mass is 16.5. The minimum atomic E-state index is -0.363. The summed E-state index contributed by atoms with van der Waals surface area (Å²) >= 11 is 0. The van der Waals surface area contributed by atoms with Crippen molar-refractivity contribution in [3.8, 4) is 5.69 Å². The molecule has 19 heavy (non-hydrogen) atoms. The zero-order valence-electron chi connectivity index (χ0n) is 10.8. The van der Waals surface area contributed by atoms with Gasteiger partial charge in [-0.15, -0.1) is 0 Å². The molecule has 0 fully saturated rings. The lowest BCUT2D eigenvalue weighted by Crippen LogP contribution is -2.06. The van der Waals surface area contributed by atoms with Crippen LogP contribution >= 0.6 is 0 Å². The molecule has 0 spiro atoms. The predicted molar refractivity (Wildman–Crippen MR) is 73.7 cm³/mol. The first kappa shape index (κ1) is 11.6. The minimum Gasteiger partial charge on any atom is -0.464 e. The summed E-state index contributed by atoms with van der Waals surface area (Å²) in [5.41, 5.74) is 3.38. The molecule has 3 aromatic rings. The summed E-state index contributed by atoms with van der Waals surface area (Å²) in [6.45, 7) is 2.03. The summed E-state index contributed by atoms with van der Waals surface area (Å²) in [7, 11) is 1.39. The molecule has 0 aliphatic rings. The first-order chi connectivity index (χ1) is 9.20. The first-order valence-corrected chi connectivity index (χ1v) is 6.04. The van der Waals surface area contributed by atoms with Gasteiger partial charge in [0.25, 0.3) is 0 Å². The standard InChI is InChI=1S/C15H14N2O2/c1-10-5-6-12-11(9-10)14(17-7-3-4-8-17)13(16-12)15(18)19-2/h3-9,16H,1-2H3. The van der Waals surface area contributed by atoms with Crippen molar-refractivity contribution in [1.82, 2.24) is 9.55 Å². The molecule has 2 heterocycles. The highest BCUT2D eigenvalue weighted by molar-refractivity contribution is 6.02. The number of fused-ring (bicyclic) bond motifs is 1. The third-order valence-corrected chi connectivity index (χ3v) is 3.18. The smallest absolute Gasteiger partial charge is 0.356 e. The minimum absolute atomic E-state index is 0.363. The quantitative estimate of drug-likeness (QED) is 0.714. The third kappa shape index (κ3) is 1.81. The number of aromatic amines is 1. The Morgan fingerprint density at radius 1 is 1.26 bits per heavy atom.